The Kier molecular flexibility index (Phi) is 4.19. The van der Waals surface area contributed by atoms with Crippen LogP contribution in [0.3, 0.4) is 0 Å². The van der Waals surface area contributed by atoms with E-state index >= 15 is 0 Å². The van der Waals surface area contributed by atoms with E-state index in [0.717, 1.165) is 28.1 Å². The number of hydrogen-bond donors (Lipinski definition) is 1. The summed E-state index contributed by atoms with van der Waals surface area (Å²) in [6, 6.07) is 5.57. The van der Waals surface area contributed by atoms with Crippen LogP contribution in [-0.2, 0) is 24.3 Å². The van der Waals surface area contributed by atoms with Gasteiger partial charge < -0.3 is 14.4 Å². The van der Waals surface area contributed by atoms with Gasteiger partial charge in [-0.1, -0.05) is 5.16 Å². The molecule has 5 heterocycles. The van der Waals surface area contributed by atoms with Crippen LogP contribution in [0.1, 0.15) is 16.8 Å². The van der Waals surface area contributed by atoms with Crippen molar-refractivity contribution in [1.29, 1.82) is 0 Å². The molecule has 146 valence electrons. The van der Waals surface area contributed by atoms with E-state index < -0.39 is 0 Å². The summed E-state index contributed by atoms with van der Waals surface area (Å²) >= 11 is 0. The minimum atomic E-state index is 0.0371. The number of carbonyl (C=O) groups excluding carboxylic acids is 1. The second-order valence-corrected chi connectivity index (χ2v) is 7.00. The predicted molar refractivity (Wildman–Crippen MR) is 103 cm³/mol. The number of aromatic nitrogens is 6. The lowest BCUT2D eigenvalue weighted by Crippen LogP contribution is -2.38. The topological polar surface area (TPSA) is 106 Å². The van der Waals surface area contributed by atoms with E-state index in [2.05, 4.69) is 25.2 Å². The molecule has 0 unspecified atom stereocenters. The molecule has 4 aromatic heterocycles. The first-order chi connectivity index (χ1) is 14.2. The van der Waals surface area contributed by atoms with E-state index in [1.54, 1.807) is 17.1 Å². The van der Waals surface area contributed by atoms with E-state index in [1.807, 2.05) is 42.4 Å². The average Bonchev–Trinajstić information content (AvgIpc) is 3.49. The maximum atomic E-state index is 12.6. The molecule has 9 nitrogen and oxygen atoms in total. The summed E-state index contributed by atoms with van der Waals surface area (Å²) in [5.74, 6) is 0.997. The van der Waals surface area contributed by atoms with E-state index in [-0.39, 0.29) is 12.5 Å². The van der Waals surface area contributed by atoms with Crippen molar-refractivity contribution >= 4 is 5.91 Å². The van der Waals surface area contributed by atoms with Crippen molar-refractivity contribution < 1.29 is 9.32 Å². The summed E-state index contributed by atoms with van der Waals surface area (Å²) in [5, 5.41) is 8.29. The maximum Gasteiger partial charge on any atom is 0.274 e. The first-order valence-corrected chi connectivity index (χ1v) is 9.39. The number of aryl methyl sites for hydroxylation is 1. The molecule has 1 amide bonds. The quantitative estimate of drug-likeness (QED) is 0.574. The Morgan fingerprint density at radius 2 is 2.28 bits per heavy atom. The van der Waals surface area contributed by atoms with Crippen LogP contribution >= 0.6 is 0 Å². The highest BCUT2D eigenvalue weighted by atomic mass is 16.5. The van der Waals surface area contributed by atoms with Gasteiger partial charge in [0.15, 0.2) is 0 Å². The van der Waals surface area contributed by atoms with Gasteiger partial charge in [-0.3, -0.25) is 14.5 Å². The van der Waals surface area contributed by atoms with Gasteiger partial charge in [-0.15, -0.1) is 0 Å². The molecule has 1 N–H and O–H groups in total. The zero-order valence-electron chi connectivity index (χ0n) is 15.9. The fraction of sp³-hybridized carbons (Fsp3) is 0.250. The SMILES string of the molecule is Cc1ncc2c(c1-c1noc(-c3ccc[nH]3)n1)CCN(C(=O)Cn1cccn1)C2. The van der Waals surface area contributed by atoms with Crippen LogP contribution in [-0.4, -0.2) is 47.2 Å². The molecule has 0 atom stereocenters. The number of H-pyrrole nitrogens is 1. The predicted octanol–water partition coefficient (Wildman–Crippen LogP) is 2.22. The number of nitrogens with one attached hydrogen (secondary N) is 1. The second kappa shape index (κ2) is 7.01. The van der Waals surface area contributed by atoms with Gasteiger partial charge in [0.25, 0.3) is 5.89 Å². The molecule has 0 saturated heterocycles. The Bertz CT molecular complexity index is 1150. The third-order valence-corrected chi connectivity index (χ3v) is 5.15. The van der Waals surface area contributed by atoms with Crippen molar-refractivity contribution in [2.45, 2.75) is 26.4 Å². The zero-order valence-corrected chi connectivity index (χ0v) is 15.9. The molecule has 0 aliphatic carbocycles. The smallest absolute Gasteiger partial charge is 0.274 e. The Balaban J connectivity index is 1.43. The summed E-state index contributed by atoms with van der Waals surface area (Å²) < 4.78 is 7.07. The van der Waals surface area contributed by atoms with Gasteiger partial charge >= 0.3 is 0 Å². The van der Waals surface area contributed by atoms with Gasteiger partial charge in [0.05, 0.1) is 0 Å². The monoisotopic (exact) mass is 389 g/mol. The lowest BCUT2D eigenvalue weighted by Gasteiger charge is -2.30. The lowest BCUT2D eigenvalue weighted by atomic mass is 9.94. The van der Waals surface area contributed by atoms with Gasteiger partial charge in [-0.2, -0.15) is 10.1 Å². The maximum absolute atomic E-state index is 12.6. The summed E-state index contributed by atoms with van der Waals surface area (Å²) in [6.45, 7) is 3.32. The van der Waals surface area contributed by atoms with Crippen molar-refractivity contribution in [3.63, 3.8) is 0 Å². The average molecular weight is 389 g/mol. The normalized spacial score (nSPS) is 13.5. The first-order valence-electron chi connectivity index (χ1n) is 9.39. The molecule has 4 aromatic rings. The number of rotatable bonds is 4. The Morgan fingerprint density at radius 1 is 1.34 bits per heavy atom. The van der Waals surface area contributed by atoms with E-state index in [0.29, 0.717) is 31.2 Å². The number of fused-ring (bicyclic) bond motifs is 1. The lowest BCUT2D eigenvalue weighted by molar-refractivity contribution is -0.133. The minimum Gasteiger partial charge on any atom is -0.357 e. The van der Waals surface area contributed by atoms with Crippen molar-refractivity contribution in [3.05, 3.63) is 59.8 Å². The second-order valence-electron chi connectivity index (χ2n) is 7.00. The van der Waals surface area contributed by atoms with Crippen molar-refractivity contribution in [1.82, 2.24) is 34.8 Å². The van der Waals surface area contributed by atoms with Gasteiger partial charge in [0.2, 0.25) is 11.7 Å². The molecule has 1 aliphatic rings. The molecule has 0 radical (unpaired) electrons. The molecule has 29 heavy (non-hydrogen) atoms. The molecule has 0 saturated carbocycles. The summed E-state index contributed by atoms with van der Waals surface area (Å²) in [4.78, 5) is 26.6. The molecule has 5 rings (SSSR count). The molecule has 9 heteroatoms. The minimum absolute atomic E-state index is 0.0371. The first kappa shape index (κ1) is 17.4. The van der Waals surface area contributed by atoms with Crippen LogP contribution in [0.4, 0.5) is 0 Å². The van der Waals surface area contributed by atoms with Gasteiger partial charge in [-0.25, -0.2) is 0 Å². The van der Waals surface area contributed by atoms with Gasteiger partial charge in [0.1, 0.15) is 12.2 Å². The molecular formula is C20H19N7O2. The fourth-order valence-electron chi connectivity index (χ4n) is 3.69. The number of pyridine rings is 1. The van der Waals surface area contributed by atoms with E-state index in [9.17, 15) is 4.79 Å². The zero-order chi connectivity index (χ0) is 19.8. The fourth-order valence-corrected chi connectivity index (χ4v) is 3.69. The van der Waals surface area contributed by atoms with Crippen LogP contribution in [0.25, 0.3) is 23.0 Å². The van der Waals surface area contributed by atoms with E-state index in [1.165, 1.54) is 0 Å². The van der Waals surface area contributed by atoms with Gasteiger partial charge in [0, 0.05) is 49.1 Å². The Hall–Kier alpha value is -3.75. The van der Waals surface area contributed by atoms with Gasteiger partial charge in [-0.05, 0) is 42.7 Å². The Morgan fingerprint density at radius 3 is 3.07 bits per heavy atom. The number of aromatic amines is 1. The highest BCUT2D eigenvalue weighted by Crippen LogP contribution is 2.31. The molecule has 0 bridgehead atoms. The highest BCUT2D eigenvalue weighted by Gasteiger charge is 2.26. The third kappa shape index (κ3) is 3.20. The van der Waals surface area contributed by atoms with Crippen molar-refractivity contribution in [2.75, 3.05) is 6.54 Å². The van der Waals surface area contributed by atoms with Crippen molar-refractivity contribution in [3.8, 4) is 23.0 Å². The summed E-state index contributed by atoms with van der Waals surface area (Å²) in [6.07, 6.45) is 7.82. The van der Waals surface area contributed by atoms with Crippen LogP contribution in [0.5, 0.6) is 0 Å². The van der Waals surface area contributed by atoms with Crippen LogP contribution < -0.4 is 0 Å². The van der Waals surface area contributed by atoms with Crippen LogP contribution in [0.15, 0.2) is 47.5 Å². The van der Waals surface area contributed by atoms with Crippen LogP contribution in [0, 0.1) is 6.92 Å². The number of carbonyl (C=O) groups is 1. The summed E-state index contributed by atoms with van der Waals surface area (Å²) in [7, 11) is 0. The molecular weight excluding hydrogens is 370 g/mol. The van der Waals surface area contributed by atoms with E-state index in [4.69, 9.17) is 4.52 Å². The largest absolute Gasteiger partial charge is 0.357 e. The number of amides is 1. The van der Waals surface area contributed by atoms with Crippen molar-refractivity contribution in [2.24, 2.45) is 0 Å². The highest BCUT2D eigenvalue weighted by molar-refractivity contribution is 5.77. The molecule has 0 fully saturated rings. The standard InChI is InChI=1S/C20H19N7O2/c1-13-18(19-24-20(29-25-19)16-4-2-6-21-16)15-5-9-26(11-14(15)10-22-13)17(28)12-27-8-3-7-23-27/h2-4,6-8,10,21H,5,9,11-12H2,1H3. The third-order valence-electron chi connectivity index (χ3n) is 5.15. The summed E-state index contributed by atoms with van der Waals surface area (Å²) in [5.41, 5.74) is 4.65. The molecule has 0 spiro atoms. The Labute approximate surface area is 166 Å². The number of hydrogen-bond acceptors (Lipinski definition) is 6. The number of nitrogens with zero attached hydrogens (tertiary/aromatic N) is 6. The molecule has 0 aromatic carbocycles. The molecule has 1 aliphatic heterocycles. The van der Waals surface area contributed by atoms with Crippen LogP contribution in [0.2, 0.25) is 0 Å².